The number of nitrogens with zero attached hydrogens (tertiary/aromatic N) is 2. The molecular weight excluding hydrogens is 262 g/mol. The molecule has 1 aromatic heterocycles. The summed E-state index contributed by atoms with van der Waals surface area (Å²) in [5, 5.41) is 6.69. The lowest BCUT2D eigenvalue weighted by Crippen LogP contribution is -2.21. The highest BCUT2D eigenvalue weighted by Crippen LogP contribution is 2.25. The second-order valence-electron chi connectivity index (χ2n) is 4.19. The summed E-state index contributed by atoms with van der Waals surface area (Å²) in [7, 11) is 0. The van der Waals surface area contributed by atoms with Crippen LogP contribution in [-0.4, -0.2) is 26.4 Å². The van der Waals surface area contributed by atoms with Gasteiger partial charge in [0.05, 0.1) is 0 Å². The van der Waals surface area contributed by atoms with Crippen LogP contribution in [-0.2, 0) is 4.79 Å². The monoisotopic (exact) mass is 277 g/mol. The molecule has 0 saturated carbocycles. The van der Waals surface area contributed by atoms with Crippen LogP contribution in [0.3, 0.4) is 0 Å². The molecule has 6 heteroatoms. The minimum Gasteiger partial charge on any atom is -0.425 e. The number of carbonyl (C=O) groups excluding carboxylic acids is 1. The van der Waals surface area contributed by atoms with Crippen molar-refractivity contribution in [2.45, 2.75) is 31.2 Å². The Bertz CT molecular complexity index is 549. The fourth-order valence-corrected chi connectivity index (χ4v) is 2.30. The van der Waals surface area contributed by atoms with Crippen molar-refractivity contribution < 1.29 is 9.53 Å². The van der Waals surface area contributed by atoms with Crippen LogP contribution >= 0.6 is 11.8 Å². The molecule has 19 heavy (non-hydrogen) atoms. The normalized spacial score (nSPS) is 12.2. The number of benzene rings is 1. The number of hydrogen-bond donors (Lipinski definition) is 1. The summed E-state index contributed by atoms with van der Waals surface area (Å²) in [6.45, 7) is 5.62. The van der Waals surface area contributed by atoms with Crippen molar-refractivity contribution in [3.05, 3.63) is 35.7 Å². The predicted octanol–water partition coefficient (Wildman–Crippen LogP) is 2.51. The Morgan fingerprint density at radius 1 is 1.37 bits per heavy atom. The van der Waals surface area contributed by atoms with Gasteiger partial charge in [0.1, 0.15) is 17.3 Å². The molecule has 0 radical (unpaired) electrons. The van der Waals surface area contributed by atoms with E-state index >= 15 is 0 Å². The number of ether oxygens (including phenoxy) is 1. The average Bonchev–Trinajstić information content (AvgIpc) is 2.86. The van der Waals surface area contributed by atoms with E-state index in [4.69, 9.17) is 4.74 Å². The molecule has 100 valence electrons. The van der Waals surface area contributed by atoms with E-state index in [0.29, 0.717) is 10.9 Å². The van der Waals surface area contributed by atoms with E-state index in [9.17, 15) is 4.79 Å². The molecule has 2 rings (SSSR count). The lowest BCUT2D eigenvalue weighted by molar-refractivity contribution is -0.133. The number of carbonyl (C=O) groups is 1. The van der Waals surface area contributed by atoms with E-state index in [1.54, 1.807) is 6.92 Å². The van der Waals surface area contributed by atoms with Crippen LogP contribution in [0.5, 0.6) is 5.75 Å². The van der Waals surface area contributed by atoms with Gasteiger partial charge >= 0.3 is 5.97 Å². The van der Waals surface area contributed by atoms with E-state index in [2.05, 4.69) is 15.2 Å². The predicted molar refractivity (Wildman–Crippen MR) is 73.3 cm³/mol. The number of aryl methyl sites for hydroxylation is 2. The van der Waals surface area contributed by atoms with Gasteiger partial charge < -0.3 is 4.74 Å². The number of H-pyrrole nitrogens is 1. The summed E-state index contributed by atoms with van der Waals surface area (Å²) >= 11 is 1.29. The average molecular weight is 277 g/mol. The zero-order chi connectivity index (χ0) is 13.8. The second kappa shape index (κ2) is 5.88. The van der Waals surface area contributed by atoms with E-state index < -0.39 is 0 Å². The maximum Gasteiger partial charge on any atom is 0.324 e. The molecule has 0 aliphatic carbocycles. The smallest absolute Gasteiger partial charge is 0.324 e. The molecule has 2 aromatic rings. The van der Waals surface area contributed by atoms with Crippen molar-refractivity contribution in [3.63, 3.8) is 0 Å². The van der Waals surface area contributed by atoms with Gasteiger partial charge in [-0.25, -0.2) is 4.98 Å². The second-order valence-corrected chi connectivity index (χ2v) is 5.52. The maximum atomic E-state index is 12.0. The number of thioether (sulfide) groups is 1. The van der Waals surface area contributed by atoms with Gasteiger partial charge in [-0.15, -0.1) is 0 Å². The number of para-hydroxylation sites is 1. The first-order chi connectivity index (χ1) is 9.08. The number of aromatic nitrogens is 3. The highest BCUT2D eigenvalue weighted by atomic mass is 32.2. The van der Waals surface area contributed by atoms with Crippen LogP contribution in [0, 0.1) is 13.8 Å². The van der Waals surface area contributed by atoms with Gasteiger partial charge in [0, 0.05) is 0 Å². The van der Waals surface area contributed by atoms with E-state index in [-0.39, 0.29) is 11.2 Å². The first-order valence-electron chi connectivity index (χ1n) is 5.88. The molecule has 5 nitrogen and oxygen atoms in total. The van der Waals surface area contributed by atoms with Gasteiger partial charge in [-0.2, -0.15) is 5.10 Å². The Kier molecular flexibility index (Phi) is 4.21. The third-order valence-electron chi connectivity index (χ3n) is 2.62. The first-order valence-corrected chi connectivity index (χ1v) is 6.76. The molecule has 0 aliphatic rings. The molecule has 0 spiro atoms. The summed E-state index contributed by atoms with van der Waals surface area (Å²) in [6, 6.07) is 5.78. The topological polar surface area (TPSA) is 67.9 Å². The Balaban J connectivity index is 2.04. The van der Waals surface area contributed by atoms with Crippen molar-refractivity contribution in [1.29, 1.82) is 0 Å². The summed E-state index contributed by atoms with van der Waals surface area (Å²) in [4.78, 5) is 16.0. The number of hydrogen-bond acceptors (Lipinski definition) is 5. The molecule has 1 unspecified atom stereocenters. The van der Waals surface area contributed by atoms with Crippen LogP contribution in [0.2, 0.25) is 0 Å². The van der Waals surface area contributed by atoms with E-state index in [1.807, 2.05) is 32.0 Å². The van der Waals surface area contributed by atoms with Gasteiger partial charge in [-0.05, 0) is 31.9 Å². The van der Waals surface area contributed by atoms with Crippen LogP contribution in [0.4, 0.5) is 0 Å². The van der Waals surface area contributed by atoms with E-state index in [1.165, 1.54) is 18.1 Å². The van der Waals surface area contributed by atoms with Crippen LogP contribution < -0.4 is 4.74 Å². The molecule has 1 aromatic carbocycles. The fourth-order valence-electron chi connectivity index (χ4n) is 1.61. The molecule has 1 heterocycles. The maximum absolute atomic E-state index is 12.0. The zero-order valence-corrected chi connectivity index (χ0v) is 11.8. The standard InChI is InChI=1S/C13H15N3O2S/c1-8-5-4-6-9(2)11(8)18-12(17)10(3)19-13-14-7-15-16-13/h4-7,10H,1-3H3,(H,14,15,16). The van der Waals surface area contributed by atoms with Crippen molar-refractivity contribution in [2.24, 2.45) is 0 Å². The highest BCUT2D eigenvalue weighted by Gasteiger charge is 2.19. The van der Waals surface area contributed by atoms with Crippen molar-refractivity contribution in [3.8, 4) is 5.75 Å². The van der Waals surface area contributed by atoms with Crippen LogP contribution in [0.1, 0.15) is 18.1 Å². The minimum absolute atomic E-state index is 0.293. The summed E-state index contributed by atoms with van der Waals surface area (Å²) < 4.78 is 5.46. The van der Waals surface area contributed by atoms with Gasteiger partial charge in [-0.3, -0.25) is 9.89 Å². The first kappa shape index (κ1) is 13.6. The van der Waals surface area contributed by atoms with Gasteiger partial charge in [0.2, 0.25) is 0 Å². The Labute approximate surface area is 115 Å². The highest BCUT2D eigenvalue weighted by molar-refractivity contribution is 8.00. The largest absolute Gasteiger partial charge is 0.425 e. The molecule has 0 aliphatic heterocycles. The third kappa shape index (κ3) is 3.35. The van der Waals surface area contributed by atoms with Crippen LogP contribution in [0.15, 0.2) is 29.7 Å². The third-order valence-corrected chi connectivity index (χ3v) is 3.59. The fraction of sp³-hybridized carbons (Fsp3) is 0.308. The van der Waals surface area contributed by atoms with Crippen molar-refractivity contribution in [2.75, 3.05) is 0 Å². The summed E-state index contributed by atoms with van der Waals surface area (Å²) in [5.74, 6) is 0.344. The van der Waals surface area contributed by atoms with Gasteiger partial charge in [0.25, 0.3) is 0 Å². The van der Waals surface area contributed by atoms with Crippen molar-refractivity contribution in [1.82, 2.24) is 15.2 Å². The molecule has 0 fully saturated rings. The number of esters is 1. The quantitative estimate of drug-likeness (QED) is 0.528. The molecule has 0 bridgehead atoms. The Morgan fingerprint density at radius 3 is 2.63 bits per heavy atom. The lowest BCUT2D eigenvalue weighted by atomic mass is 10.1. The van der Waals surface area contributed by atoms with E-state index in [0.717, 1.165) is 11.1 Å². The Hall–Kier alpha value is -1.82. The molecule has 0 amide bonds. The molecule has 1 atom stereocenters. The number of rotatable bonds is 4. The Morgan fingerprint density at radius 2 is 2.05 bits per heavy atom. The van der Waals surface area contributed by atoms with Gasteiger partial charge in [0.15, 0.2) is 5.16 Å². The number of aromatic amines is 1. The lowest BCUT2D eigenvalue weighted by Gasteiger charge is -2.13. The molecular formula is C13H15N3O2S. The van der Waals surface area contributed by atoms with Crippen LogP contribution in [0.25, 0.3) is 0 Å². The zero-order valence-electron chi connectivity index (χ0n) is 11.0. The molecule has 0 saturated heterocycles. The van der Waals surface area contributed by atoms with Gasteiger partial charge in [-0.1, -0.05) is 30.0 Å². The molecule has 1 N–H and O–H groups in total. The number of nitrogens with one attached hydrogen (secondary N) is 1. The summed E-state index contributed by atoms with van der Waals surface area (Å²) in [5.41, 5.74) is 1.90. The van der Waals surface area contributed by atoms with Crippen molar-refractivity contribution >= 4 is 17.7 Å². The minimum atomic E-state index is -0.355. The summed E-state index contributed by atoms with van der Waals surface area (Å²) in [6.07, 6.45) is 1.41. The SMILES string of the molecule is Cc1cccc(C)c1OC(=O)C(C)Sc1ncn[nH]1.